The SMILES string of the molecule is COc1ccc([C@H](C)NCc2cc(Br)ccc2Cl)cc1. The zero-order chi connectivity index (χ0) is 14.5. The van der Waals surface area contributed by atoms with Crippen molar-refractivity contribution in [2.75, 3.05) is 7.11 Å². The number of rotatable bonds is 5. The van der Waals surface area contributed by atoms with Crippen LogP contribution in [0.1, 0.15) is 24.1 Å². The van der Waals surface area contributed by atoms with Crippen molar-refractivity contribution in [3.05, 3.63) is 63.1 Å². The molecule has 0 saturated heterocycles. The van der Waals surface area contributed by atoms with E-state index >= 15 is 0 Å². The summed E-state index contributed by atoms with van der Waals surface area (Å²) in [5.74, 6) is 0.871. The fourth-order valence-corrected chi connectivity index (χ4v) is 2.55. The monoisotopic (exact) mass is 353 g/mol. The molecule has 0 aliphatic heterocycles. The molecule has 0 saturated carbocycles. The fourth-order valence-electron chi connectivity index (χ4n) is 1.95. The van der Waals surface area contributed by atoms with Gasteiger partial charge in [-0.3, -0.25) is 0 Å². The molecule has 2 aromatic rings. The van der Waals surface area contributed by atoms with Crippen molar-refractivity contribution in [1.29, 1.82) is 0 Å². The fraction of sp³-hybridized carbons (Fsp3) is 0.250. The first kappa shape index (κ1) is 15.4. The van der Waals surface area contributed by atoms with Crippen molar-refractivity contribution >= 4 is 27.5 Å². The number of methoxy groups -OCH3 is 1. The highest BCUT2D eigenvalue weighted by atomic mass is 79.9. The van der Waals surface area contributed by atoms with Crippen LogP contribution in [0.25, 0.3) is 0 Å². The molecule has 0 aromatic heterocycles. The number of hydrogen-bond donors (Lipinski definition) is 1. The van der Waals surface area contributed by atoms with Gasteiger partial charge < -0.3 is 10.1 Å². The molecule has 4 heteroatoms. The molecule has 2 aromatic carbocycles. The Labute approximate surface area is 133 Å². The molecule has 2 nitrogen and oxygen atoms in total. The molecule has 0 aliphatic carbocycles. The van der Waals surface area contributed by atoms with E-state index in [0.29, 0.717) is 0 Å². The third kappa shape index (κ3) is 3.98. The van der Waals surface area contributed by atoms with E-state index in [1.165, 1.54) is 5.56 Å². The minimum absolute atomic E-state index is 0.246. The van der Waals surface area contributed by atoms with E-state index < -0.39 is 0 Å². The second-order valence-electron chi connectivity index (χ2n) is 4.61. The van der Waals surface area contributed by atoms with Gasteiger partial charge in [-0.05, 0) is 48.4 Å². The average Bonchev–Trinajstić information content (AvgIpc) is 2.48. The third-order valence-electron chi connectivity index (χ3n) is 3.22. The van der Waals surface area contributed by atoms with Crippen LogP contribution >= 0.6 is 27.5 Å². The molecule has 0 amide bonds. The van der Waals surface area contributed by atoms with Crippen LogP contribution in [0, 0.1) is 0 Å². The second kappa shape index (κ2) is 7.11. The molecule has 0 radical (unpaired) electrons. The molecule has 0 heterocycles. The van der Waals surface area contributed by atoms with Crippen molar-refractivity contribution in [2.45, 2.75) is 19.5 Å². The number of hydrogen-bond acceptors (Lipinski definition) is 2. The van der Waals surface area contributed by atoms with E-state index in [1.54, 1.807) is 7.11 Å². The van der Waals surface area contributed by atoms with E-state index in [1.807, 2.05) is 30.3 Å². The van der Waals surface area contributed by atoms with Gasteiger partial charge in [0.05, 0.1) is 7.11 Å². The van der Waals surface area contributed by atoms with Gasteiger partial charge in [-0.25, -0.2) is 0 Å². The van der Waals surface area contributed by atoms with Crippen LogP contribution in [0.2, 0.25) is 5.02 Å². The maximum atomic E-state index is 6.19. The molecule has 0 unspecified atom stereocenters. The number of halogens is 2. The molecule has 0 bridgehead atoms. The topological polar surface area (TPSA) is 21.3 Å². The maximum absolute atomic E-state index is 6.19. The Morgan fingerprint density at radius 2 is 1.90 bits per heavy atom. The first-order valence-electron chi connectivity index (χ1n) is 6.41. The van der Waals surface area contributed by atoms with Crippen molar-refractivity contribution in [3.8, 4) is 5.75 Å². The molecule has 0 fully saturated rings. The van der Waals surface area contributed by atoms with Crippen LogP contribution in [0.4, 0.5) is 0 Å². The summed E-state index contributed by atoms with van der Waals surface area (Å²) in [5.41, 5.74) is 2.30. The van der Waals surface area contributed by atoms with Gasteiger partial charge in [-0.1, -0.05) is 39.7 Å². The van der Waals surface area contributed by atoms with E-state index in [-0.39, 0.29) is 6.04 Å². The largest absolute Gasteiger partial charge is 0.497 e. The average molecular weight is 355 g/mol. The smallest absolute Gasteiger partial charge is 0.118 e. The van der Waals surface area contributed by atoms with E-state index in [9.17, 15) is 0 Å². The molecule has 106 valence electrons. The van der Waals surface area contributed by atoms with Crippen LogP contribution in [0.3, 0.4) is 0 Å². The number of nitrogens with one attached hydrogen (secondary N) is 1. The van der Waals surface area contributed by atoms with E-state index in [2.05, 4.69) is 40.3 Å². The van der Waals surface area contributed by atoms with Crippen LogP contribution < -0.4 is 10.1 Å². The summed E-state index contributed by atoms with van der Waals surface area (Å²) in [4.78, 5) is 0. The first-order valence-corrected chi connectivity index (χ1v) is 7.58. The summed E-state index contributed by atoms with van der Waals surface area (Å²) in [6.45, 7) is 2.86. The Morgan fingerprint density at radius 1 is 1.20 bits per heavy atom. The summed E-state index contributed by atoms with van der Waals surface area (Å²) in [6, 6.07) is 14.2. The van der Waals surface area contributed by atoms with Gasteiger partial charge in [-0.15, -0.1) is 0 Å². The number of benzene rings is 2. The standard InChI is InChI=1S/C16H17BrClNO/c1-11(12-3-6-15(20-2)7-4-12)19-10-13-9-14(17)5-8-16(13)18/h3-9,11,19H,10H2,1-2H3/t11-/m0/s1. The zero-order valence-electron chi connectivity index (χ0n) is 11.5. The molecular formula is C16H17BrClNO. The second-order valence-corrected chi connectivity index (χ2v) is 5.93. The van der Waals surface area contributed by atoms with Gasteiger partial charge in [0.2, 0.25) is 0 Å². The van der Waals surface area contributed by atoms with Gasteiger partial charge in [0.25, 0.3) is 0 Å². The Bertz CT molecular complexity index is 571. The van der Waals surface area contributed by atoms with Gasteiger partial charge >= 0.3 is 0 Å². The summed E-state index contributed by atoms with van der Waals surface area (Å²) in [7, 11) is 1.67. The summed E-state index contributed by atoms with van der Waals surface area (Å²) in [5, 5.41) is 4.25. The normalized spacial score (nSPS) is 12.2. The Balaban J connectivity index is 2.00. The van der Waals surface area contributed by atoms with E-state index in [0.717, 1.165) is 27.4 Å². The van der Waals surface area contributed by atoms with Crippen molar-refractivity contribution in [2.24, 2.45) is 0 Å². The molecular weight excluding hydrogens is 338 g/mol. The highest BCUT2D eigenvalue weighted by molar-refractivity contribution is 9.10. The predicted molar refractivity (Wildman–Crippen MR) is 87.4 cm³/mol. The molecule has 1 N–H and O–H groups in total. The van der Waals surface area contributed by atoms with Crippen molar-refractivity contribution in [1.82, 2.24) is 5.32 Å². The summed E-state index contributed by atoms with van der Waals surface area (Å²) >= 11 is 9.65. The summed E-state index contributed by atoms with van der Waals surface area (Å²) in [6.07, 6.45) is 0. The highest BCUT2D eigenvalue weighted by Crippen LogP contribution is 2.22. The first-order chi connectivity index (χ1) is 9.60. The molecule has 0 aliphatic rings. The predicted octanol–water partition coefficient (Wildman–Crippen LogP) is 4.96. The zero-order valence-corrected chi connectivity index (χ0v) is 13.8. The lowest BCUT2D eigenvalue weighted by Gasteiger charge is -2.15. The summed E-state index contributed by atoms with van der Waals surface area (Å²) < 4.78 is 6.20. The minimum Gasteiger partial charge on any atom is -0.497 e. The van der Waals surface area contributed by atoms with Gasteiger partial charge in [0.1, 0.15) is 5.75 Å². The van der Waals surface area contributed by atoms with Crippen LogP contribution in [-0.2, 0) is 6.54 Å². The third-order valence-corrected chi connectivity index (χ3v) is 4.08. The Hall–Kier alpha value is -1.03. The van der Waals surface area contributed by atoms with Crippen molar-refractivity contribution < 1.29 is 4.74 Å². The highest BCUT2D eigenvalue weighted by Gasteiger charge is 2.07. The number of ether oxygens (including phenoxy) is 1. The lowest BCUT2D eigenvalue weighted by Crippen LogP contribution is -2.18. The molecule has 0 spiro atoms. The molecule has 2 rings (SSSR count). The molecule has 1 atom stereocenters. The minimum atomic E-state index is 0.246. The lowest BCUT2D eigenvalue weighted by atomic mass is 10.1. The lowest BCUT2D eigenvalue weighted by molar-refractivity contribution is 0.414. The van der Waals surface area contributed by atoms with Crippen LogP contribution in [0.5, 0.6) is 5.75 Å². The quantitative estimate of drug-likeness (QED) is 0.819. The van der Waals surface area contributed by atoms with Gasteiger partial charge in [-0.2, -0.15) is 0 Å². The Morgan fingerprint density at radius 3 is 2.55 bits per heavy atom. The Kier molecular flexibility index (Phi) is 5.46. The van der Waals surface area contributed by atoms with Crippen LogP contribution in [0.15, 0.2) is 46.9 Å². The van der Waals surface area contributed by atoms with Crippen molar-refractivity contribution in [3.63, 3.8) is 0 Å². The van der Waals surface area contributed by atoms with E-state index in [4.69, 9.17) is 16.3 Å². The maximum Gasteiger partial charge on any atom is 0.118 e. The van der Waals surface area contributed by atoms with Gasteiger partial charge in [0.15, 0.2) is 0 Å². The van der Waals surface area contributed by atoms with Gasteiger partial charge in [0, 0.05) is 22.1 Å². The van der Waals surface area contributed by atoms with Crippen LogP contribution in [-0.4, -0.2) is 7.11 Å². The molecule has 20 heavy (non-hydrogen) atoms.